The van der Waals surface area contributed by atoms with E-state index >= 15 is 0 Å². The van der Waals surface area contributed by atoms with Crippen LogP contribution in [0.5, 0.6) is 5.75 Å². The largest absolute Gasteiger partial charge is 0.497 e. The van der Waals surface area contributed by atoms with Crippen molar-refractivity contribution in [1.29, 1.82) is 0 Å². The minimum absolute atomic E-state index is 0.0195. The topological polar surface area (TPSA) is 101 Å². The minimum Gasteiger partial charge on any atom is -0.497 e. The van der Waals surface area contributed by atoms with Crippen molar-refractivity contribution in [2.45, 2.75) is 48.7 Å². The number of unbranched alkanes of at least 4 members (excludes halogenated alkanes) is 2. The number of nitrogens with zero attached hydrogens (tertiary/aromatic N) is 2. The molecule has 0 saturated carbocycles. The van der Waals surface area contributed by atoms with Gasteiger partial charge in [-0.05, 0) is 62.1 Å². The highest BCUT2D eigenvalue weighted by Gasteiger charge is 2.35. The third-order valence-electron chi connectivity index (χ3n) is 6.77. The fourth-order valence-electron chi connectivity index (χ4n) is 4.70. The van der Waals surface area contributed by atoms with Crippen molar-refractivity contribution in [2.24, 2.45) is 0 Å². The van der Waals surface area contributed by atoms with Crippen LogP contribution in [0.2, 0.25) is 0 Å². The van der Waals surface area contributed by atoms with Crippen LogP contribution in [0.4, 0.5) is 0 Å². The third-order valence-corrected chi connectivity index (χ3v) is 9.05. The van der Waals surface area contributed by atoms with Crippen molar-refractivity contribution in [3.63, 3.8) is 0 Å². The molecular formula is C26H30N2O6S. The lowest BCUT2D eigenvalue weighted by atomic mass is 10.1. The van der Waals surface area contributed by atoms with Crippen LogP contribution in [0.1, 0.15) is 59.2 Å². The van der Waals surface area contributed by atoms with Gasteiger partial charge >= 0.3 is 0 Å². The predicted molar refractivity (Wildman–Crippen MR) is 130 cm³/mol. The van der Waals surface area contributed by atoms with Gasteiger partial charge in [-0.2, -0.15) is 0 Å². The zero-order valence-electron chi connectivity index (χ0n) is 19.8. The van der Waals surface area contributed by atoms with Crippen molar-refractivity contribution < 1.29 is 27.5 Å². The second-order valence-electron chi connectivity index (χ2n) is 8.92. The zero-order valence-corrected chi connectivity index (χ0v) is 20.6. The van der Waals surface area contributed by atoms with E-state index in [9.17, 15) is 22.8 Å². The van der Waals surface area contributed by atoms with Crippen molar-refractivity contribution >= 4 is 27.6 Å². The molecule has 0 N–H and O–H groups in total. The summed E-state index contributed by atoms with van der Waals surface area (Å²) in [4.78, 5) is 40.7. The molecule has 9 heteroatoms. The molecule has 2 aliphatic rings. The first-order valence-electron chi connectivity index (χ1n) is 11.9. The standard InChI is InChI=1S/C26H30N2O6S/c1-34-19-10-12-20(13-11-19)35(32,33)21-14-17-27(18-15-21)24(29)9-3-2-6-16-28-25(30)22-7-4-5-8-23(22)26(28)31/h4-5,7-8,10-13,21H,2-3,6,9,14-18H2,1H3. The van der Waals surface area contributed by atoms with Gasteiger partial charge in [0.25, 0.3) is 11.8 Å². The Morgan fingerprint density at radius 1 is 0.914 bits per heavy atom. The summed E-state index contributed by atoms with van der Waals surface area (Å²) in [7, 11) is -1.92. The van der Waals surface area contributed by atoms with Crippen molar-refractivity contribution in [2.75, 3.05) is 26.7 Å². The number of carbonyl (C=O) groups is 3. The lowest BCUT2D eigenvalue weighted by molar-refractivity contribution is -0.132. The number of hydrogen-bond donors (Lipinski definition) is 0. The molecule has 1 saturated heterocycles. The maximum Gasteiger partial charge on any atom is 0.261 e. The number of amides is 3. The first-order valence-corrected chi connectivity index (χ1v) is 13.5. The molecule has 1 fully saturated rings. The first kappa shape index (κ1) is 24.9. The van der Waals surface area contributed by atoms with Gasteiger partial charge in [0, 0.05) is 26.1 Å². The van der Waals surface area contributed by atoms with Crippen molar-refractivity contribution in [3.05, 3.63) is 59.7 Å². The number of hydrogen-bond acceptors (Lipinski definition) is 6. The van der Waals surface area contributed by atoms with E-state index in [-0.39, 0.29) is 22.6 Å². The van der Waals surface area contributed by atoms with E-state index < -0.39 is 15.1 Å². The Morgan fingerprint density at radius 3 is 2.09 bits per heavy atom. The molecule has 0 bridgehead atoms. The monoisotopic (exact) mass is 498 g/mol. The average molecular weight is 499 g/mol. The Labute approximate surface area is 205 Å². The number of imide groups is 1. The Hall–Kier alpha value is -3.20. The number of fused-ring (bicyclic) bond motifs is 1. The van der Waals surface area contributed by atoms with Crippen LogP contribution in [-0.2, 0) is 14.6 Å². The molecule has 0 aromatic heterocycles. The van der Waals surface area contributed by atoms with Crippen LogP contribution >= 0.6 is 0 Å². The summed E-state index contributed by atoms with van der Waals surface area (Å²) in [5.74, 6) is 0.113. The van der Waals surface area contributed by atoms with Gasteiger partial charge in [0.2, 0.25) is 5.91 Å². The molecule has 0 spiro atoms. The highest BCUT2D eigenvalue weighted by molar-refractivity contribution is 7.92. The number of methoxy groups -OCH3 is 1. The molecule has 0 aliphatic carbocycles. The maximum atomic E-state index is 12.9. The molecule has 8 nitrogen and oxygen atoms in total. The predicted octanol–water partition coefficient (Wildman–Crippen LogP) is 3.32. The average Bonchev–Trinajstić information content (AvgIpc) is 3.13. The van der Waals surface area contributed by atoms with Gasteiger partial charge in [-0.3, -0.25) is 19.3 Å². The number of sulfone groups is 1. The van der Waals surface area contributed by atoms with Gasteiger partial charge in [-0.1, -0.05) is 18.6 Å². The highest BCUT2D eigenvalue weighted by atomic mass is 32.2. The molecule has 186 valence electrons. The van der Waals surface area contributed by atoms with Crippen LogP contribution in [-0.4, -0.2) is 67.9 Å². The summed E-state index contributed by atoms with van der Waals surface area (Å²) < 4.78 is 31.0. The van der Waals surface area contributed by atoms with E-state index in [1.54, 1.807) is 53.4 Å². The quantitative estimate of drug-likeness (QED) is 0.388. The van der Waals surface area contributed by atoms with E-state index in [4.69, 9.17) is 4.74 Å². The molecule has 2 aliphatic heterocycles. The summed E-state index contributed by atoms with van der Waals surface area (Å²) in [5, 5.41) is -0.500. The van der Waals surface area contributed by atoms with Crippen LogP contribution in [0, 0.1) is 0 Å². The molecule has 4 rings (SSSR count). The molecule has 2 aromatic rings. The van der Waals surface area contributed by atoms with Crippen molar-refractivity contribution in [3.8, 4) is 5.75 Å². The minimum atomic E-state index is -3.45. The van der Waals surface area contributed by atoms with Gasteiger partial charge in [-0.15, -0.1) is 0 Å². The summed E-state index contributed by atoms with van der Waals surface area (Å²) in [6, 6.07) is 13.2. The molecule has 0 radical (unpaired) electrons. The molecule has 0 unspecified atom stereocenters. The number of benzene rings is 2. The molecule has 0 atom stereocenters. The Morgan fingerprint density at radius 2 is 1.51 bits per heavy atom. The van der Waals surface area contributed by atoms with Crippen LogP contribution in [0.25, 0.3) is 0 Å². The SMILES string of the molecule is COc1ccc(S(=O)(=O)C2CCN(C(=O)CCCCCN3C(=O)c4ccccc4C3=O)CC2)cc1. The second-order valence-corrected chi connectivity index (χ2v) is 11.1. The molecule has 2 heterocycles. The van der Waals surface area contributed by atoms with E-state index in [2.05, 4.69) is 0 Å². The Balaban J connectivity index is 1.18. The summed E-state index contributed by atoms with van der Waals surface area (Å²) >= 11 is 0. The lowest BCUT2D eigenvalue weighted by Crippen LogP contribution is -2.42. The van der Waals surface area contributed by atoms with Gasteiger partial charge in [0.05, 0.1) is 28.4 Å². The molecule has 35 heavy (non-hydrogen) atoms. The summed E-state index contributed by atoms with van der Waals surface area (Å²) in [6.45, 7) is 1.19. The van der Waals surface area contributed by atoms with Crippen LogP contribution in [0.15, 0.2) is 53.4 Å². The van der Waals surface area contributed by atoms with Crippen molar-refractivity contribution in [1.82, 2.24) is 9.80 Å². The highest BCUT2D eigenvalue weighted by Crippen LogP contribution is 2.27. The third kappa shape index (κ3) is 5.24. The number of ether oxygens (including phenoxy) is 1. The number of rotatable bonds is 9. The second kappa shape index (κ2) is 10.6. The van der Waals surface area contributed by atoms with Gasteiger partial charge in [-0.25, -0.2) is 8.42 Å². The van der Waals surface area contributed by atoms with E-state index in [1.807, 2.05) is 0 Å². The number of carbonyl (C=O) groups excluding carboxylic acids is 3. The number of piperidine rings is 1. The van der Waals surface area contributed by atoms with Crippen LogP contribution in [0.3, 0.4) is 0 Å². The van der Waals surface area contributed by atoms with E-state index in [0.29, 0.717) is 68.6 Å². The smallest absolute Gasteiger partial charge is 0.261 e. The fraction of sp³-hybridized carbons (Fsp3) is 0.423. The maximum absolute atomic E-state index is 12.9. The van der Waals surface area contributed by atoms with Gasteiger partial charge in [0.15, 0.2) is 9.84 Å². The zero-order chi connectivity index (χ0) is 25.0. The normalized spacial score (nSPS) is 16.5. The van der Waals surface area contributed by atoms with E-state index in [0.717, 1.165) is 6.42 Å². The van der Waals surface area contributed by atoms with E-state index in [1.165, 1.54) is 12.0 Å². The summed E-state index contributed by atoms with van der Waals surface area (Å²) in [5.41, 5.74) is 0.898. The van der Waals surface area contributed by atoms with Crippen LogP contribution < -0.4 is 4.74 Å². The molecule has 2 aromatic carbocycles. The summed E-state index contributed by atoms with van der Waals surface area (Å²) in [6.07, 6.45) is 3.23. The Kier molecular flexibility index (Phi) is 7.54. The lowest BCUT2D eigenvalue weighted by Gasteiger charge is -2.32. The van der Waals surface area contributed by atoms with Gasteiger partial charge < -0.3 is 9.64 Å². The fourth-order valence-corrected chi connectivity index (χ4v) is 6.43. The molecule has 3 amide bonds. The van der Waals surface area contributed by atoms with Gasteiger partial charge in [0.1, 0.15) is 5.75 Å². The molecular weight excluding hydrogens is 468 g/mol. The Bertz CT molecular complexity index is 1170. The number of likely N-dealkylation sites (tertiary alicyclic amines) is 1. The first-order chi connectivity index (χ1) is 16.8.